The molecule has 6 nitrogen and oxygen atoms in total. The normalized spacial score (nSPS) is 16.1. The minimum Gasteiger partial charge on any atom is -0.455 e. The van der Waals surface area contributed by atoms with Crippen LogP contribution in [0.5, 0.6) is 0 Å². The zero-order valence-corrected chi connectivity index (χ0v) is 18.3. The Bertz CT molecular complexity index is 979. The van der Waals surface area contributed by atoms with E-state index in [1.165, 1.54) is 0 Å². The lowest BCUT2D eigenvalue weighted by molar-refractivity contribution is -0.151. The van der Waals surface area contributed by atoms with Crippen LogP contribution >= 0.6 is 27.5 Å². The number of hydrogen-bond acceptors (Lipinski definition) is 4. The van der Waals surface area contributed by atoms with Crippen molar-refractivity contribution in [2.75, 3.05) is 23.4 Å². The Hall–Kier alpha value is -2.38. The second-order valence-electron chi connectivity index (χ2n) is 6.90. The second kappa shape index (κ2) is 8.97. The van der Waals surface area contributed by atoms with Crippen LogP contribution < -0.4 is 10.2 Å². The first-order valence-corrected chi connectivity index (χ1v) is 10.2. The van der Waals surface area contributed by atoms with Crippen molar-refractivity contribution in [3.63, 3.8) is 0 Å². The van der Waals surface area contributed by atoms with Crippen LogP contribution in [0.25, 0.3) is 0 Å². The number of nitrogens with zero attached hydrogens (tertiary/aromatic N) is 1. The number of ether oxygens (including phenoxy) is 1. The minimum atomic E-state index is -0.605. The van der Waals surface area contributed by atoms with Crippen molar-refractivity contribution in [2.24, 2.45) is 5.92 Å². The third-order valence-electron chi connectivity index (χ3n) is 4.88. The number of amides is 2. The Morgan fingerprint density at radius 2 is 2.03 bits per heavy atom. The van der Waals surface area contributed by atoms with E-state index >= 15 is 0 Å². The molecule has 3 rings (SSSR count). The van der Waals surface area contributed by atoms with E-state index in [0.717, 1.165) is 21.3 Å². The van der Waals surface area contributed by atoms with Gasteiger partial charge in [-0.1, -0.05) is 39.7 Å². The summed E-state index contributed by atoms with van der Waals surface area (Å²) in [5.74, 6) is -1.81. The zero-order valence-electron chi connectivity index (χ0n) is 16.0. The lowest BCUT2D eigenvalue weighted by Crippen LogP contribution is -2.28. The second-order valence-corrected chi connectivity index (χ2v) is 8.23. The van der Waals surface area contributed by atoms with Crippen LogP contribution in [0.4, 0.5) is 11.4 Å². The molecule has 0 saturated carbocycles. The number of carbonyl (C=O) groups excluding carboxylic acids is 3. The molecule has 1 fully saturated rings. The average Bonchev–Trinajstić information content (AvgIpc) is 3.06. The van der Waals surface area contributed by atoms with Crippen LogP contribution in [0.1, 0.15) is 17.5 Å². The van der Waals surface area contributed by atoms with E-state index in [0.29, 0.717) is 10.7 Å². The monoisotopic (exact) mass is 478 g/mol. The van der Waals surface area contributed by atoms with Gasteiger partial charge in [-0.3, -0.25) is 14.4 Å². The molecule has 29 heavy (non-hydrogen) atoms. The zero-order chi connectivity index (χ0) is 21.1. The topological polar surface area (TPSA) is 75.7 Å². The maximum Gasteiger partial charge on any atom is 0.311 e. The van der Waals surface area contributed by atoms with Gasteiger partial charge in [-0.2, -0.15) is 0 Å². The molecule has 1 heterocycles. The third kappa shape index (κ3) is 4.97. The van der Waals surface area contributed by atoms with E-state index in [-0.39, 0.29) is 18.9 Å². The van der Waals surface area contributed by atoms with Crippen molar-refractivity contribution in [3.05, 3.63) is 57.0 Å². The van der Waals surface area contributed by atoms with Gasteiger partial charge in [0.2, 0.25) is 5.91 Å². The highest BCUT2D eigenvalue weighted by atomic mass is 79.9. The molecule has 2 aromatic rings. The van der Waals surface area contributed by atoms with Crippen molar-refractivity contribution in [1.82, 2.24) is 0 Å². The molecule has 2 aromatic carbocycles. The molecule has 152 valence electrons. The quantitative estimate of drug-likeness (QED) is 0.651. The van der Waals surface area contributed by atoms with Crippen molar-refractivity contribution in [2.45, 2.75) is 20.3 Å². The number of anilines is 2. The van der Waals surface area contributed by atoms with Crippen molar-refractivity contribution < 1.29 is 19.1 Å². The fourth-order valence-corrected chi connectivity index (χ4v) is 3.88. The molecule has 0 aromatic heterocycles. The van der Waals surface area contributed by atoms with Crippen molar-refractivity contribution >= 4 is 56.7 Å². The van der Waals surface area contributed by atoms with E-state index in [1.54, 1.807) is 23.1 Å². The molecule has 0 spiro atoms. The fourth-order valence-electron chi connectivity index (χ4n) is 3.16. The predicted molar refractivity (Wildman–Crippen MR) is 115 cm³/mol. The Morgan fingerprint density at radius 1 is 1.28 bits per heavy atom. The first-order valence-electron chi connectivity index (χ1n) is 9.04. The summed E-state index contributed by atoms with van der Waals surface area (Å²) in [6, 6.07) is 10.7. The average molecular weight is 480 g/mol. The summed E-state index contributed by atoms with van der Waals surface area (Å²) in [4.78, 5) is 38.5. The number of rotatable bonds is 5. The van der Waals surface area contributed by atoms with Gasteiger partial charge < -0.3 is 15.0 Å². The molecule has 1 aliphatic heterocycles. The van der Waals surface area contributed by atoms with Crippen LogP contribution in [0.15, 0.2) is 40.9 Å². The fraction of sp³-hybridized carbons (Fsp3) is 0.286. The molecule has 0 aliphatic carbocycles. The Balaban J connectivity index is 1.56. The predicted octanol–water partition coefficient (Wildman–Crippen LogP) is 4.25. The van der Waals surface area contributed by atoms with Crippen molar-refractivity contribution in [3.8, 4) is 0 Å². The maximum absolute atomic E-state index is 12.4. The van der Waals surface area contributed by atoms with Gasteiger partial charge in [0, 0.05) is 23.1 Å². The first kappa shape index (κ1) is 21.3. The molecular formula is C21H20BrClN2O4. The third-order valence-corrected chi connectivity index (χ3v) is 5.68. The Labute approximate surface area is 182 Å². The molecule has 1 aliphatic rings. The van der Waals surface area contributed by atoms with E-state index in [9.17, 15) is 14.4 Å². The highest BCUT2D eigenvalue weighted by Crippen LogP contribution is 2.30. The number of halogens is 2. The lowest BCUT2D eigenvalue weighted by atomic mass is 10.1. The lowest BCUT2D eigenvalue weighted by Gasteiger charge is -2.20. The Kier molecular flexibility index (Phi) is 6.59. The number of esters is 1. The van der Waals surface area contributed by atoms with E-state index in [1.807, 2.05) is 32.0 Å². The van der Waals surface area contributed by atoms with Gasteiger partial charge in [0.1, 0.15) is 0 Å². The molecule has 0 radical (unpaired) electrons. The highest BCUT2D eigenvalue weighted by molar-refractivity contribution is 9.10. The number of aryl methyl sites for hydroxylation is 1. The van der Waals surface area contributed by atoms with Gasteiger partial charge in [0.05, 0.1) is 16.6 Å². The summed E-state index contributed by atoms with van der Waals surface area (Å²) in [5, 5.41) is 2.96. The van der Waals surface area contributed by atoms with Crippen LogP contribution in [0, 0.1) is 19.8 Å². The van der Waals surface area contributed by atoms with E-state index < -0.39 is 24.4 Å². The molecule has 1 atom stereocenters. The van der Waals surface area contributed by atoms with Gasteiger partial charge in [0.25, 0.3) is 5.91 Å². The molecule has 0 unspecified atom stereocenters. The first-order chi connectivity index (χ1) is 13.8. The minimum absolute atomic E-state index is 0.0619. The standard InChI is InChI=1S/C21H20BrClN2O4/c1-12-4-3-5-18(13(12)2)25-10-14(8-20(25)27)21(28)29-11-19(26)24-17-7-6-15(22)9-16(17)23/h3-7,9,14H,8,10-11H2,1-2H3,(H,24,26)/t14-/m1/s1. The summed E-state index contributed by atoms with van der Waals surface area (Å²) >= 11 is 9.35. The Morgan fingerprint density at radius 3 is 2.76 bits per heavy atom. The number of nitrogens with one attached hydrogen (secondary N) is 1. The molecule has 8 heteroatoms. The van der Waals surface area contributed by atoms with Gasteiger partial charge in [-0.15, -0.1) is 0 Å². The van der Waals surface area contributed by atoms with Gasteiger partial charge in [0.15, 0.2) is 6.61 Å². The molecular weight excluding hydrogens is 460 g/mol. The number of benzene rings is 2. The molecule has 1 N–H and O–H groups in total. The smallest absolute Gasteiger partial charge is 0.311 e. The summed E-state index contributed by atoms with van der Waals surface area (Å²) < 4.78 is 5.91. The molecule has 2 amide bonds. The van der Waals surface area contributed by atoms with Crippen LogP contribution in [-0.4, -0.2) is 30.9 Å². The van der Waals surface area contributed by atoms with Gasteiger partial charge in [-0.05, 0) is 49.2 Å². The largest absolute Gasteiger partial charge is 0.455 e. The van der Waals surface area contributed by atoms with E-state index in [2.05, 4.69) is 21.2 Å². The van der Waals surface area contributed by atoms with Crippen LogP contribution in [-0.2, 0) is 19.1 Å². The van der Waals surface area contributed by atoms with Crippen molar-refractivity contribution in [1.29, 1.82) is 0 Å². The SMILES string of the molecule is Cc1cccc(N2C[C@H](C(=O)OCC(=O)Nc3ccc(Br)cc3Cl)CC2=O)c1C. The van der Waals surface area contributed by atoms with Crippen LogP contribution in [0.3, 0.4) is 0 Å². The van der Waals surface area contributed by atoms with E-state index in [4.69, 9.17) is 16.3 Å². The summed E-state index contributed by atoms with van der Waals surface area (Å²) in [6.07, 6.45) is 0.0619. The summed E-state index contributed by atoms with van der Waals surface area (Å²) in [7, 11) is 0. The van der Waals surface area contributed by atoms with Crippen LogP contribution in [0.2, 0.25) is 5.02 Å². The summed E-state index contributed by atoms with van der Waals surface area (Å²) in [5.41, 5.74) is 3.30. The van der Waals surface area contributed by atoms with Gasteiger partial charge in [-0.25, -0.2) is 0 Å². The molecule has 0 bridgehead atoms. The summed E-state index contributed by atoms with van der Waals surface area (Å²) in [6.45, 7) is 3.71. The maximum atomic E-state index is 12.4. The number of carbonyl (C=O) groups is 3. The number of hydrogen-bond donors (Lipinski definition) is 1. The van der Waals surface area contributed by atoms with Gasteiger partial charge >= 0.3 is 5.97 Å². The highest BCUT2D eigenvalue weighted by Gasteiger charge is 2.37. The molecule has 1 saturated heterocycles.